The highest BCUT2D eigenvalue weighted by molar-refractivity contribution is 7.80. The average molecular weight is 397 g/mol. The van der Waals surface area contributed by atoms with Crippen molar-refractivity contribution in [3.63, 3.8) is 0 Å². The number of primary amides is 1. The summed E-state index contributed by atoms with van der Waals surface area (Å²) >= 11 is 5.37. The molecule has 1 aliphatic rings. The van der Waals surface area contributed by atoms with E-state index < -0.39 is 28.9 Å². The highest BCUT2D eigenvalue weighted by Crippen LogP contribution is 2.37. The highest BCUT2D eigenvalue weighted by atomic mass is 32.1. The van der Waals surface area contributed by atoms with Crippen LogP contribution in [-0.2, 0) is 16.4 Å². The predicted octanol–water partition coefficient (Wildman–Crippen LogP) is 3.09. The topological polar surface area (TPSA) is 68.0 Å². The largest absolute Gasteiger partial charge is 0.416 e. The van der Waals surface area contributed by atoms with Gasteiger partial charge in [0, 0.05) is 12.2 Å². The Morgan fingerprint density at radius 3 is 2.44 bits per heavy atom. The number of nitrogens with zero attached hydrogens (tertiary/aromatic N) is 1. The third kappa shape index (κ3) is 3.64. The van der Waals surface area contributed by atoms with Gasteiger partial charge in [-0.3, -0.25) is 9.78 Å². The van der Waals surface area contributed by atoms with Crippen LogP contribution in [0.15, 0.2) is 42.6 Å². The molecule has 2 aromatic rings. The number of amides is 1. The smallest absolute Gasteiger partial charge is 0.375 e. The summed E-state index contributed by atoms with van der Waals surface area (Å²) in [4.78, 5) is 16.4. The molecule has 27 heavy (non-hydrogen) atoms. The zero-order valence-corrected chi connectivity index (χ0v) is 14.7. The van der Waals surface area contributed by atoms with E-state index in [9.17, 15) is 22.4 Å². The Labute approximate surface area is 157 Å². The summed E-state index contributed by atoms with van der Waals surface area (Å²) in [6.07, 6.45) is -2.13. The molecule has 1 fully saturated rings. The van der Waals surface area contributed by atoms with E-state index in [2.05, 4.69) is 10.3 Å². The molecule has 142 valence electrons. The first kappa shape index (κ1) is 19.2. The third-order valence-electron chi connectivity index (χ3n) is 4.35. The molecule has 1 atom stereocenters. The summed E-state index contributed by atoms with van der Waals surface area (Å²) in [5.41, 5.74) is 2.30. The number of alkyl halides is 3. The molecule has 1 aromatic carbocycles. The van der Waals surface area contributed by atoms with E-state index in [1.54, 1.807) is 0 Å². The summed E-state index contributed by atoms with van der Waals surface area (Å²) in [6.45, 7) is 0. The number of carbonyl (C=O) groups is 1. The molecular weight excluding hydrogens is 382 g/mol. The van der Waals surface area contributed by atoms with Crippen LogP contribution in [0.1, 0.15) is 29.7 Å². The van der Waals surface area contributed by atoms with E-state index in [4.69, 9.17) is 18.0 Å². The Bertz CT molecular complexity index is 898. The molecule has 3 rings (SSSR count). The van der Waals surface area contributed by atoms with Gasteiger partial charge in [0.1, 0.15) is 10.8 Å². The van der Waals surface area contributed by atoms with Crippen LogP contribution in [0.3, 0.4) is 0 Å². The first-order chi connectivity index (χ1) is 12.7. The molecular formula is C18H15F4N3OS. The molecule has 0 bridgehead atoms. The molecule has 0 saturated heterocycles. The van der Waals surface area contributed by atoms with Gasteiger partial charge in [-0.15, -0.1) is 0 Å². The molecule has 1 amide bonds. The van der Waals surface area contributed by atoms with Gasteiger partial charge >= 0.3 is 6.18 Å². The van der Waals surface area contributed by atoms with E-state index in [0.29, 0.717) is 0 Å². The summed E-state index contributed by atoms with van der Waals surface area (Å²) < 4.78 is 53.4. The van der Waals surface area contributed by atoms with Crippen molar-refractivity contribution >= 4 is 23.1 Å². The molecule has 3 N–H and O–H groups in total. The summed E-state index contributed by atoms with van der Waals surface area (Å²) in [5, 5.41) is 2.94. The van der Waals surface area contributed by atoms with Gasteiger partial charge in [-0.2, -0.15) is 13.2 Å². The molecule has 1 aliphatic carbocycles. The molecule has 1 saturated carbocycles. The summed E-state index contributed by atoms with van der Waals surface area (Å²) in [7, 11) is 0. The molecule has 1 heterocycles. The Morgan fingerprint density at radius 1 is 1.19 bits per heavy atom. The Morgan fingerprint density at radius 2 is 1.89 bits per heavy atom. The lowest BCUT2D eigenvalue weighted by Gasteiger charge is -2.32. The van der Waals surface area contributed by atoms with E-state index >= 15 is 0 Å². The van der Waals surface area contributed by atoms with Crippen LogP contribution in [0.5, 0.6) is 0 Å². The van der Waals surface area contributed by atoms with E-state index in [0.717, 1.165) is 43.3 Å². The van der Waals surface area contributed by atoms with Crippen LogP contribution in [0.25, 0.3) is 0 Å². The van der Waals surface area contributed by atoms with E-state index in [-0.39, 0.29) is 22.3 Å². The Kier molecular flexibility index (Phi) is 4.90. The fourth-order valence-electron chi connectivity index (χ4n) is 2.83. The monoisotopic (exact) mass is 397 g/mol. The average Bonchev–Trinajstić information content (AvgIpc) is 3.39. The number of nitrogens with two attached hydrogens (primary N) is 1. The number of rotatable bonds is 5. The number of halogens is 4. The van der Waals surface area contributed by atoms with Gasteiger partial charge in [-0.1, -0.05) is 24.4 Å². The van der Waals surface area contributed by atoms with Crippen molar-refractivity contribution in [2.24, 2.45) is 5.73 Å². The first-order valence-electron chi connectivity index (χ1n) is 8.06. The van der Waals surface area contributed by atoms with Crippen molar-refractivity contribution < 1.29 is 22.4 Å². The molecule has 0 aliphatic heterocycles. The van der Waals surface area contributed by atoms with Crippen molar-refractivity contribution in [2.45, 2.75) is 30.5 Å². The second kappa shape index (κ2) is 6.88. The molecule has 0 spiro atoms. The lowest BCUT2D eigenvalue weighted by Crippen LogP contribution is -2.54. The lowest BCUT2D eigenvalue weighted by molar-refractivity contribution is -0.137. The van der Waals surface area contributed by atoms with Gasteiger partial charge in [0.25, 0.3) is 0 Å². The van der Waals surface area contributed by atoms with Crippen LogP contribution in [0.2, 0.25) is 0 Å². The summed E-state index contributed by atoms with van der Waals surface area (Å²) in [6, 6.07) is 6.37. The minimum atomic E-state index is -4.66. The minimum Gasteiger partial charge on any atom is -0.375 e. The van der Waals surface area contributed by atoms with Gasteiger partial charge in [-0.05, 0) is 42.7 Å². The maximum absolute atomic E-state index is 13.9. The van der Waals surface area contributed by atoms with Crippen molar-refractivity contribution in [1.29, 1.82) is 0 Å². The summed E-state index contributed by atoms with van der Waals surface area (Å²) in [5.74, 6) is -1.72. The van der Waals surface area contributed by atoms with Crippen molar-refractivity contribution in [1.82, 2.24) is 10.3 Å². The van der Waals surface area contributed by atoms with Gasteiger partial charge in [-0.25, -0.2) is 4.39 Å². The fraction of sp³-hybridized carbons (Fsp3) is 0.278. The number of pyridine rings is 1. The molecule has 1 unspecified atom stereocenters. The van der Waals surface area contributed by atoms with Gasteiger partial charge in [0.05, 0.1) is 11.3 Å². The number of aromatic nitrogens is 1. The van der Waals surface area contributed by atoms with Crippen molar-refractivity contribution in [3.05, 3.63) is 65.2 Å². The van der Waals surface area contributed by atoms with Crippen LogP contribution in [0.4, 0.5) is 17.6 Å². The Hall–Kier alpha value is -2.55. The Balaban J connectivity index is 2.26. The molecule has 0 radical (unpaired) electrons. The van der Waals surface area contributed by atoms with Gasteiger partial charge in [0.2, 0.25) is 5.91 Å². The first-order valence-corrected chi connectivity index (χ1v) is 8.47. The molecule has 9 heteroatoms. The zero-order chi connectivity index (χ0) is 19.8. The number of thiocarbonyl (C=S) groups is 1. The van der Waals surface area contributed by atoms with E-state index in [1.165, 1.54) is 12.1 Å². The van der Waals surface area contributed by atoms with Crippen LogP contribution in [-0.4, -0.2) is 21.9 Å². The second-order valence-electron chi connectivity index (χ2n) is 6.30. The number of nitrogens with one attached hydrogen (secondary N) is 1. The standard InChI is InChI=1S/C18H15F4N3OS/c19-12-3-1-2-10(8-12)17(15(23)26,16(27)25-13-4-5-13)14-9-11(6-7-24-14)18(20,21)22/h1-3,6-9,13H,4-5H2,(H2,23,26)(H,25,27). The van der Waals surface area contributed by atoms with Crippen LogP contribution < -0.4 is 11.1 Å². The van der Waals surface area contributed by atoms with Gasteiger partial charge < -0.3 is 11.1 Å². The third-order valence-corrected chi connectivity index (χ3v) is 4.78. The number of carbonyl (C=O) groups excluding carboxylic acids is 1. The zero-order valence-electron chi connectivity index (χ0n) is 13.9. The number of benzene rings is 1. The number of hydrogen-bond donors (Lipinski definition) is 2. The highest BCUT2D eigenvalue weighted by Gasteiger charge is 2.48. The second-order valence-corrected chi connectivity index (χ2v) is 6.71. The fourth-order valence-corrected chi connectivity index (χ4v) is 3.32. The van der Waals surface area contributed by atoms with Crippen LogP contribution >= 0.6 is 12.2 Å². The van der Waals surface area contributed by atoms with Gasteiger partial charge in [0.15, 0.2) is 5.41 Å². The van der Waals surface area contributed by atoms with Crippen LogP contribution in [0, 0.1) is 5.82 Å². The predicted molar refractivity (Wildman–Crippen MR) is 94.4 cm³/mol. The van der Waals surface area contributed by atoms with E-state index in [1.807, 2.05) is 0 Å². The maximum atomic E-state index is 13.9. The quantitative estimate of drug-likeness (QED) is 0.601. The SMILES string of the molecule is NC(=O)C(C(=S)NC1CC1)(c1cccc(F)c1)c1cc(C(F)(F)F)ccn1. The maximum Gasteiger partial charge on any atom is 0.416 e. The van der Waals surface area contributed by atoms with Crippen molar-refractivity contribution in [2.75, 3.05) is 0 Å². The van der Waals surface area contributed by atoms with Crippen molar-refractivity contribution in [3.8, 4) is 0 Å². The molecule has 4 nitrogen and oxygen atoms in total. The number of hydrogen-bond acceptors (Lipinski definition) is 3. The minimum absolute atomic E-state index is 0.00409. The normalized spacial score (nSPS) is 16.4. The molecule has 1 aromatic heterocycles. The lowest BCUT2D eigenvalue weighted by atomic mass is 9.75.